The Morgan fingerprint density at radius 3 is 2.73 bits per heavy atom. The fourth-order valence-corrected chi connectivity index (χ4v) is 3.69. The van der Waals surface area contributed by atoms with Gasteiger partial charge in [-0.25, -0.2) is 9.67 Å². The Labute approximate surface area is 149 Å². The van der Waals surface area contributed by atoms with E-state index in [1.54, 1.807) is 15.4 Å². The molecule has 6 heteroatoms. The minimum Gasteiger partial charge on any atom is -0.465 e. The van der Waals surface area contributed by atoms with Gasteiger partial charge in [0, 0.05) is 6.54 Å². The van der Waals surface area contributed by atoms with E-state index >= 15 is 0 Å². The van der Waals surface area contributed by atoms with Crippen molar-refractivity contribution < 1.29 is 4.42 Å². The number of benzene rings is 1. The number of hydrogen-bond acceptors (Lipinski definition) is 4. The van der Waals surface area contributed by atoms with Crippen molar-refractivity contribution in [1.82, 2.24) is 19.3 Å². The smallest absolute Gasteiger partial charge is 0.264 e. The molecule has 0 fully saturated rings. The third kappa shape index (κ3) is 2.08. The van der Waals surface area contributed by atoms with Crippen LogP contribution in [0.2, 0.25) is 0 Å². The van der Waals surface area contributed by atoms with Crippen LogP contribution in [0.5, 0.6) is 0 Å². The molecule has 1 aromatic carbocycles. The first-order chi connectivity index (χ1) is 12.6. The lowest BCUT2D eigenvalue weighted by molar-refractivity contribution is 0.458. The van der Waals surface area contributed by atoms with E-state index in [2.05, 4.69) is 11.2 Å². The Hall–Kier alpha value is -3.15. The van der Waals surface area contributed by atoms with Crippen LogP contribution in [0.25, 0.3) is 16.7 Å². The summed E-state index contributed by atoms with van der Waals surface area (Å²) < 4.78 is 9.41. The first-order valence-electron chi connectivity index (χ1n) is 8.74. The second-order valence-corrected chi connectivity index (χ2v) is 6.79. The molecular weight excluding hydrogens is 328 g/mol. The van der Waals surface area contributed by atoms with Crippen LogP contribution in [0.3, 0.4) is 0 Å². The summed E-state index contributed by atoms with van der Waals surface area (Å²) in [6, 6.07) is 11.8. The zero-order valence-electron chi connectivity index (χ0n) is 14.6. The molecule has 130 valence electrons. The van der Waals surface area contributed by atoms with E-state index in [1.807, 2.05) is 44.2 Å². The number of fused-ring (bicyclic) bond motifs is 2. The number of hydrogen-bond donors (Lipinski definition) is 0. The van der Waals surface area contributed by atoms with Crippen molar-refractivity contribution in [2.24, 2.45) is 0 Å². The van der Waals surface area contributed by atoms with Crippen molar-refractivity contribution in [1.29, 1.82) is 0 Å². The van der Waals surface area contributed by atoms with Crippen LogP contribution >= 0.6 is 0 Å². The SMILES string of the molecule is Cc1cc(C2CCn3c2nc2c(cnn2-c2ccccc2)c3=O)oc1C. The van der Waals surface area contributed by atoms with Gasteiger partial charge in [0.25, 0.3) is 5.56 Å². The van der Waals surface area contributed by atoms with E-state index in [4.69, 9.17) is 9.40 Å². The molecule has 0 spiro atoms. The number of furan rings is 1. The topological polar surface area (TPSA) is 65.8 Å². The Balaban J connectivity index is 1.73. The van der Waals surface area contributed by atoms with E-state index in [9.17, 15) is 4.79 Å². The van der Waals surface area contributed by atoms with Crippen LogP contribution in [-0.4, -0.2) is 19.3 Å². The summed E-state index contributed by atoms with van der Waals surface area (Å²) >= 11 is 0. The summed E-state index contributed by atoms with van der Waals surface area (Å²) in [6.07, 6.45) is 2.43. The normalized spacial score (nSPS) is 16.3. The largest absolute Gasteiger partial charge is 0.465 e. The van der Waals surface area contributed by atoms with Crippen molar-refractivity contribution in [2.75, 3.05) is 0 Å². The van der Waals surface area contributed by atoms with Crippen LogP contribution in [-0.2, 0) is 6.54 Å². The molecular formula is C20H18N4O2. The fourth-order valence-electron chi connectivity index (χ4n) is 3.69. The van der Waals surface area contributed by atoms with Crippen LogP contribution in [0, 0.1) is 13.8 Å². The van der Waals surface area contributed by atoms with Crippen LogP contribution in [0.4, 0.5) is 0 Å². The van der Waals surface area contributed by atoms with Gasteiger partial charge in [0.2, 0.25) is 0 Å². The Bertz CT molecular complexity index is 1160. The van der Waals surface area contributed by atoms with Gasteiger partial charge in [0.05, 0.1) is 17.8 Å². The molecule has 0 saturated carbocycles. The van der Waals surface area contributed by atoms with E-state index < -0.39 is 0 Å². The predicted molar refractivity (Wildman–Crippen MR) is 97.8 cm³/mol. The minimum atomic E-state index is -0.0327. The van der Waals surface area contributed by atoms with E-state index in [0.717, 1.165) is 35.0 Å². The minimum absolute atomic E-state index is 0.00127. The lowest BCUT2D eigenvalue weighted by Crippen LogP contribution is -2.21. The molecule has 26 heavy (non-hydrogen) atoms. The third-order valence-corrected chi connectivity index (χ3v) is 5.20. The van der Waals surface area contributed by atoms with Gasteiger partial charge >= 0.3 is 0 Å². The van der Waals surface area contributed by atoms with E-state index in [1.165, 1.54) is 0 Å². The summed E-state index contributed by atoms with van der Waals surface area (Å²) in [6.45, 7) is 4.64. The molecule has 3 aromatic heterocycles. The molecule has 5 rings (SSSR count). The molecule has 1 unspecified atom stereocenters. The first-order valence-corrected chi connectivity index (χ1v) is 8.74. The third-order valence-electron chi connectivity index (χ3n) is 5.20. The van der Waals surface area contributed by atoms with Crippen molar-refractivity contribution in [2.45, 2.75) is 32.7 Å². The standard InChI is InChI=1S/C20H18N4O2/c1-12-10-17(26-13(12)2)15-8-9-23-18(15)22-19-16(20(23)25)11-21-24(19)14-6-4-3-5-7-14/h3-7,10-11,15H,8-9H2,1-2H3. The van der Waals surface area contributed by atoms with Gasteiger partial charge in [0.15, 0.2) is 5.65 Å². The highest BCUT2D eigenvalue weighted by atomic mass is 16.3. The predicted octanol–water partition coefficient (Wildman–Crippen LogP) is 3.33. The number of nitrogens with zero attached hydrogens (tertiary/aromatic N) is 4. The number of aryl methyl sites for hydroxylation is 2. The Morgan fingerprint density at radius 1 is 1.19 bits per heavy atom. The average Bonchev–Trinajstić information content (AvgIpc) is 3.34. The Morgan fingerprint density at radius 2 is 2.00 bits per heavy atom. The molecule has 6 nitrogen and oxygen atoms in total. The molecule has 0 aliphatic carbocycles. The zero-order valence-corrected chi connectivity index (χ0v) is 14.6. The highest BCUT2D eigenvalue weighted by Crippen LogP contribution is 2.34. The summed E-state index contributed by atoms with van der Waals surface area (Å²) in [5.41, 5.74) is 2.57. The van der Waals surface area contributed by atoms with Crippen LogP contribution in [0.1, 0.15) is 35.2 Å². The van der Waals surface area contributed by atoms with Gasteiger partial charge in [-0.3, -0.25) is 9.36 Å². The molecule has 0 bridgehead atoms. The second-order valence-electron chi connectivity index (χ2n) is 6.79. The molecule has 4 heterocycles. The van der Waals surface area contributed by atoms with Crippen molar-refractivity contribution >= 4 is 11.0 Å². The maximum absolute atomic E-state index is 13.0. The van der Waals surface area contributed by atoms with Crippen LogP contribution in [0.15, 0.2) is 51.8 Å². The first kappa shape index (κ1) is 15.1. The molecule has 0 N–H and O–H groups in total. The van der Waals surface area contributed by atoms with Gasteiger partial charge in [-0.05, 0) is 44.0 Å². The fraction of sp³-hybridized carbons (Fsp3) is 0.250. The summed E-state index contributed by atoms with van der Waals surface area (Å²) in [4.78, 5) is 17.8. The highest BCUT2D eigenvalue weighted by Gasteiger charge is 2.31. The average molecular weight is 346 g/mol. The van der Waals surface area contributed by atoms with Crippen LogP contribution < -0.4 is 5.56 Å². The molecule has 0 saturated heterocycles. The Kier molecular flexibility index (Phi) is 3.16. The highest BCUT2D eigenvalue weighted by molar-refractivity contribution is 5.75. The molecule has 0 radical (unpaired) electrons. The van der Waals surface area contributed by atoms with E-state index in [0.29, 0.717) is 17.6 Å². The summed E-state index contributed by atoms with van der Waals surface area (Å²) in [5.74, 6) is 2.55. The molecule has 1 aliphatic heterocycles. The number of para-hydroxylation sites is 1. The molecule has 1 atom stereocenters. The summed E-state index contributed by atoms with van der Waals surface area (Å²) in [5, 5.41) is 4.95. The molecule has 0 amide bonds. The quantitative estimate of drug-likeness (QED) is 0.558. The molecule has 4 aromatic rings. The maximum atomic E-state index is 13.0. The van der Waals surface area contributed by atoms with Gasteiger partial charge in [-0.1, -0.05) is 18.2 Å². The zero-order chi connectivity index (χ0) is 17.8. The van der Waals surface area contributed by atoms with Gasteiger partial charge in [0.1, 0.15) is 22.7 Å². The van der Waals surface area contributed by atoms with Crippen molar-refractivity contribution in [3.8, 4) is 5.69 Å². The van der Waals surface area contributed by atoms with E-state index in [-0.39, 0.29) is 11.5 Å². The number of rotatable bonds is 2. The van der Waals surface area contributed by atoms with Crippen molar-refractivity contribution in [3.63, 3.8) is 0 Å². The monoisotopic (exact) mass is 346 g/mol. The second kappa shape index (κ2) is 5.42. The van der Waals surface area contributed by atoms with Crippen molar-refractivity contribution in [3.05, 3.63) is 75.9 Å². The lowest BCUT2D eigenvalue weighted by atomic mass is 10.0. The maximum Gasteiger partial charge on any atom is 0.264 e. The lowest BCUT2D eigenvalue weighted by Gasteiger charge is -2.09. The van der Waals surface area contributed by atoms with Gasteiger partial charge < -0.3 is 4.42 Å². The summed E-state index contributed by atoms with van der Waals surface area (Å²) in [7, 11) is 0. The molecule has 1 aliphatic rings. The van der Waals surface area contributed by atoms with Gasteiger partial charge in [-0.2, -0.15) is 5.10 Å². The van der Waals surface area contributed by atoms with Gasteiger partial charge in [-0.15, -0.1) is 0 Å². The number of aromatic nitrogens is 4.